The van der Waals surface area contributed by atoms with Crippen LogP contribution in [0.1, 0.15) is 11.6 Å². The largest absolute Gasteiger partial charge is 0.479 e. The summed E-state index contributed by atoms with van der Waals surface area (Å²) < 4.78 is 0. The number of carboxylic acids is 1. The molecule has 0 aliphatic carbocycles. The minimum Gasteiger partial charge on any atom is -0.479 e. The lowest BCUT2D eigenvalue weighted by molar-refractivity contribution is -0.138. The summed E-state index contributed by atoms with van der Waals surface area (Å²) in [7, 11) is 3.65. The molecule has 20 heavy (non-hydrogen) atoms. The molecular formula is C14H16N4O2. The molecule has 1 unspecified atom stereocenters. The van der Waals surface area contributed by atoms with Gasteiger partial charge in [-0.15, -0.1) is 0 Å². The molecule has 2 N–H and O–H groups in total. The molecular weight excluding hydrogens is 256 g/mol. The van der Waals surface area contributed by atoms with Crippen molar-refractivity contribution in [2.75, 3.05) is 24.3 Å². The van der Waals surface area contributed by atoms with Crippen LogP contribution in [0.2, 0.25) is 0 Å². The van der Waals surface area contributed by atoms with E-state index < -0.39 is 12.0 Å². The van der Waals surface area contributed by atoms with Crippen LogP contribution in [-0.4, -0.2) is 35.1 Å². The van der Waals surface area contributed by atoms with E-state index in [1.807, 2.05) is 20.2 Å². The first kappa shape index (κ1) is 13.8. The van der Waals surface area contributed by atoms with Crippen LogP contribution in [0.4, 0.5) is 11.8 Å². The third kappa shape index (κ3) is 3.23. The van der Waals surface area contributed by atoms with Crippen LogP contribution in [0.3, 0.4) is 0 Å². The highest BCUT2D eigenvalue weighted by Crippen LogP contribution is 2.19. The van der Waals surface area contributed by atoms with E-state index >= 15 is 0 Å². The third-order valence-electron chi connectivity index (χ3n) is 2.71. The smallest absolute Gasteiger partial charge is 0.330 e. The maximum absolute atomic E-state index is 11.4. The van der Waals surface area contributed by atoms with Gasteiger partial charge in [0.15, 0.2) is 6.04 Å². The fourth-order valence-corrected chi connectivity index (χ4v) is 1.73. The Balaban J connectivity index is 2.25. The normalized spacial score (nSPS) is 11.7. The molecule has 1 atom stereocenters. The first-order valence-corrected chi connectivity index (χ1v) is 6.12. The van der Waals surface area contributed by atoms with E-state index in [4.69, 9.17) is 0 Å². The molecule has 1 aromatic heterocycles. The Bertz CT molecular complexity index is 587. The number of anilines is 2. The predicted molar refractivity (Wildman–Crippen MR) is 76.8 cm³/mol. The molecule has 0 spiro atoms. The fourth-order valence-electron chi connectivity index (χ4n) is 1.73. The highest BCUT2D eigenvalue weighted by Gasteiger charge is 2.19. The summed E-state index contributed by atoms with van der Waals surface area (Å²) in [6.45, 7) is 0. The van der Waals surface area contributed by atoms with Gasteiger partial charge in [0.05, 0.1) is 0 Å². The van der Waals surface area contributed by atoms with Gasteiger partial charge >= 0.3 is 5.97 Å². The number of aliphatic carboxylic acids is 1. The van der Waals surface area contributed by atoms with E-state index in [0.717, 1.165) is 0 Å². The molecule has 6 nitrogen and oxygen atoms in total. The second-order valence-corrected chi connectivity index (χ2v) is 4.46. The molecule has 2 aromatic rings. The molecule has 1 heterocycles. The molecule has 0 fully saturated rings. The van der Waals surface area contributed by atoms with Gasteiger partial charge in [-0.05, 0) is 11.6 Å². The van der Waals surface area contributed by atoms with Gasteiger partial charge in [0.2, 0.25) is 5.95 Å². The number of hydrogen-bond donors (Lipinski definition) is 2. The lowest BCUT2D eigenvalue weighted by atomic mass is 10.1. The van der Waals surface area contributed by atoms with Crippen molar-refractivity contribution in [2.24, 2.45) is 0 Å². The van der Waals surface area contributed by atoms with Crippen LogP contribution in [-0.2, 0) is 4.79 Å². The predicted octanol–water partition coefficient (Wildman–Crippen LogP) is 1.78. The van der Waals surface area contributed by atoms with Gasteiger partial charge in [-0.1, -0.05) is 30.3 Å². The summed E-state index contributed by atoms with van der Waals surface area (Å²) in [6, 6.07) is 9.78. The Morgan fingerprint density at radius 3 is 2.55 bits per heavy atom. The number of nitrogens with zero attached hydrogens (tertiary/aromatic N) is 3. The Morgan fingerprint density at radius 1 is 1.25 bits per heavy atom. The average molecular weight is 272 g/mol. The monoisotopic (exact) mass is 272 g/mol. The fraction of sp³-hybridized carbons (Fsp3) is 0.214. The van der Waals surface area contributed by atoms with Crippen molar-refractivity contribution in [1.82, 2.24) is 9.97 Å². The highest BCUT2D eigenvalue weighted by molar-refractivity contribution is 5.78. The number of carboxylic acid groups (broad SMARTS) is 1. The minimum atomic E-state index is -0.957. The standard InChI is InChI=1S/C14H16N4O2/c1-18(2)14-15-9-8-11(17-14)16-12(13(19)20)10-6-4-3-5-7-10/h3-9,12H,1-2H3,(H,19,20)(H,15,16,17). The highest BCUT2D eigenvalue weighted by atomic mass is 16.4. The summed E-state index contributed by atoms with van der Waals surface area (Å²) in [5.74, 6) is 0.0355. The van der Waals surface area contributed by atoms with Gasteiger partial charge in [0, 0.05) is 20.3 Å². The molecule has 0 saturated carbocycles. The van der Waals surface area contributed by atoms with Crippen molar-refractivity contribution in [3.63, 3.8) is 0 Å². The van der Waals surface area contributed by atoms with E-state index in [9.17, 15) is 9.90 Å². The molecule has 2 rings (SSSR count). The SMILES string of the molecule is CN(C)c1nccc(NC(C(=O)O)c2ccccc2)n1. The Morgan fingerprint density at radius 2 is 1.95 bits per heavy atom. The quantitative estimate of drug-likeness (QED) is 0.864. The zero-order valence-electron chi connectivity index (χ0n) is 11.3. The van der Waals surface area contributed by atoms with Crippen molar-refractivity contribution >= 4 is 17.7 Å². The van der Waals surface area contributed by atoms with Gasteiger partial charge in [0.1, 0.15) is 5.82 Å². The Kier molecular flexibility index (Phi) is 4.14. The molecule has 0 aliphatic heterocycles. The molecule has 6 heteroatoms. The Hall–Kier alpha value is -2.63. The van der Waals surface area contributed by atoms with E-state index in [-0.39, 0.29) is 0 Å². The van der Waals surface area contributed by atoms with Crippen molar-refractivity contribution in [2.45, 2.75) is 6.04 Å². The summed E-state index contributed by atoms with van der Waals surface area (Å²) in [6.07, 6.45) is 1.59. The van der Waals surface area contributed by atoms with Gasteiger partial charge in [-0.3, -0.25) is 0 Å². The molecule has 0 amide bonds. The zero-order chi connectivity index (χ0) is 14.5. The first-order valence-electron chi connectivity index (χ1n) is 6.12. The molecule has 0 radical (unpaired) electrons. The number of aromatic nitrogens is 2. The third-order valence-corrected chi connectivity index (χ3v) is 2.71. The maximum atomic E-state index is 11.4. The molecule has 0 bridgehead atoms. The number of nitrogens with one attached hydrogen (secondary N) is 1. The number of rotatable bonds is 5. The second kappa shape index (κ2) is 6.01. The maximum Gasteiger partial charge on any atom is 0.330 e. The zero-order valence-corrected chi connectivity index (χ0v) is 11.3. The summed E-state index contributed by atoms with van der Waals surface area (Å²) in [5.41, 5.74) is 0.671. The van der Waals surface area contributed by atoms with Crippen LogP contribution in [0.5, 0.6) is 0 Å². The van der Waals surface area contributed by atoms with Crippen LogP contribution in [0.15, 0.2) is 42.6 Å². The number of benzene rings is 1. The van der Waals surface area contributed by atoms with E-state index in [1.165, 1.54) is 0 Å². The van der Waals surface area contributed by atoms with E-state index in [0.29, 0.717) is 17.3 Å². The lowest BCUT2D eigenvalue weighted by Crippen LogP contribution is -2.22. The molecule has 0 aliphatic rings. The summed E-state index contributed by atoms with van der Waals surface area (Å²) in [4.78, 5) is 21.5. The minimum absolute atomic E-state index is 0.472. The first-order chi connectivity index (χ1) is 9.58. The van der Waals surface area contributed by atoms with Gasteiger partial charge in [0.25, 0.3) is 0 Å². The lowest BCUT2D eigenvalue weighted by Gasteiger charge is -2.17. The number of carbonyl (C=O) groups is 1. The molecule has 0 saturated heterocycles. The Labute approximate surface area is 117 Å². The van der Waals surface area contributed by atoms with E-state index in [1.54, 1.807) is 41.4 Å². The van der Waals surface area contributed by atoms with Gasteiger partial charge < -0.3 is 15.3 Å². The summed E-state index contributed by atoms with van der Waals surface area (Å²) >= 11 is 0. The number of hydrogen-bond acceptors (Lipinski definition) is 5. The van der Waals surface area contributed by atoms with Crippen molar-refractivity contribution in [1.29, 1.82) is 0 Å². The van der Waals surface area contributed by atoms with Gasteiger partial charge in [-0.2, -0.15) is 4.98 Å². The summed E-state index contributed by atoms with van der Waals surface area (Å²) in [5, 5.41) is 12.3. The van der Waals surface area contributed by atoms with Crippen LogP contribution in [0, 0.1) is 0 Å². The molecule has 104 valence electrons. The molecule has 1 aromatic carbocycles. The van der Waals surface area contributed by atoms with Gasteiger partial charge in [-0.25, -0.2) is 9.78 Å². The van der Waals surface area contributed by atoms with Crippen LogP contribution >= 0.6 is 0 Å². The van der Waals surface area contributed by atoms with Crippen LogP contribution < -0.4 is 10.2 Å². The van der Waals surface area contributed by atoms with Crippen molar-refractivity contribution < 1.29 is 9.90 Å². The average Bonchev–Trinajstić information content (AvgIpc) is 2.45. The second-order valence-electron chi connectivity index (χ2n) is 4.46. The van der Waals surface area contributed by atoms with E-state index in [2.05, 4.69) is 15.3 Å². The van der Waals surface area contributed by atoms with Crippen molar-refractivity contribution in [3.05, 3.63) is 48.2 Å². The van der Waals surface area contributed by atoms with Crippen molar-refractivity contribution in [3.8, 4) is 0 Å². The topological polar surface area (TPSA) is 78.4 Å². The van der Waals surface area contributed by atoms with Crippen LogP contribution in [0.25, 0.3) is 0 Å².